The van der Waals surface area contributed by atoms with E-state index >= 15 is 0 Å². The first-order valence-corrected chi connectivity index (χ1v) is 12.7. The third-order valence-electron chi connectivity index (χ3n) is 6.39. The van der Waals surface area contributed by atoms with Crippen LogP contribution in [0.15, 0.2) is 64.4 Å². The van der Waals surface area contributed by atoms with Crippen LogP contribution in [-0.4, -0.2) is 47.6 Å². The van der Waals surface area contributed by atoms with E-state index in [0.717, 1.165) is 37.1 Å². The predicted octanol–water partition coefficient (Wildman–Crippen LogP) is 4.22. The smallest absolute Gasteiger partial charge is 0.208 e. The van der Waals surface area contributed by atoms with Gasteiger partial charge in [0.15, 0.2) is 0 Å². The average Bonchev–Trinajstić information content (AvgIpc) is 3.01. The summed E-state index contributed by atoms with van der Waals surface area (Å²) in [4.78, 5) is 4.64. The molecule has 3 aromatic rings. The largest absolute Gasteiger partial charge is 0.377 e. The number of anilines is 1. The molecule has 0 fully saturated rings. The number of hydrogen-bond acceptors (Lipinski definition) is 5. The van der Waals surface area contributed by atoms with Crippen LogP contribution in [0.1, 0.15) is 27.8 Å². The molecule has 0 aromatic heterocycles. The maximum absolute atomic E-state index is 14.3. The van der Waals surface area contributed by atoms with Crippen molar-refractivity contribution in [1.29, 1.82) is 5.26 Å². The molecule has 0 N–H and O–H groups in total. The Labute approximate surface area is 201 Å². The zero-order valence-electron chi connectivity index (χ0n) is 19.7. The highest BCUT2D eigenvalue weighted by Crippen LogP contribution is 2.34. The monoisotopic (exact) mass is 477 g/mol. The lowest BCUT2D eigenvalue weighted by molar-refractivity contribution is 0.352. The molecule has 34 heavy (non-hydrogen) atoms. The molecule has 5 nitrogen and oxygen atoms in total. The predicted molar refractivity (Wildman–Crippen MR) is 131 cm³/mol. The molecule has 176 valence electrons. The van der Waals surface area contributed by atoms with Gasteiger partial charge < -0.3 is 9.80 Å². The van der Waals surface area contributed by atoms with E-state index < -0.39 is 15.7 Å². The topological polar surface area (TPSA) is 64.4 Å². The van der Waals surface area contributed by atoms with Gasteiger partial charge in [0.05, 0.1) is 27.1 Å². The maximum atomic E-state index is 14.3. The summed E-state index contributed by atoms with van der Waals surface area (Å²) in [6.07, 6.45) is 2.03. The number of fused-ring (bicyclic) bond motifs is 1. The molecule has 1 aliphatic heterocycles. The Hall–Kier alpha value is -3.21. The molecule has 4 rings (SSSR count). The Balaban J connectivity index is 1.66. The molecule has 3 aromatic carbocycles. The first kappa shape index (κ1) is 23.9. The fourth-order valence-electron chi connectivity index (χ4n) is 4.31. The summed E-state index contributed by atoms with van der Waals surface area (Å²) in [7, 11) is 2.06. The minimum Gasteiger partial charge on any atom is -0.377 e. The van der Waals surface area contributed by atoms with Gasteiger partial charge in [-0.25, -0.2) is 12.8 Å². The van der Waals surface area contributed by atoms with Crippen molar-refractivity contribution in [2.24, 2.45) is 0 Å². The van der Waals surface area contributed by atoms with E-state index in [0.29, 0.717) is 22.6 Å². The van der Waals surface area contributed by atoms with Gasteiger partial charge in [0, 0.05) is 33.6 Å². The molecule has 0 aliphatic carbocycles. The van der Waals surface area contributed by atoms with E-state index in [4.69, 9.17) is 5.26 Å². The standard InChI is InChI=1S/C27H28FN3O2S/c1-30(2)26-16-21-10-12-31(3)13-11-22(21)17-27(26)34(32,33)24-8-5-19(6-9-24)14-23-7-4-20(18-29)15-25(23)28/h4-9,15-17H,10-14H2,1-3H3. The van der Waals surface area contributed by atoms with Gasteiger partial charge in [0.1, 0.15) is 5.82 Å². The normalized spacial score (nSPS) is 14.2. The molecule has 0 saturated carbocycles. The van der Waals surface area contributed by atoms with E-state index in [9.17, 15) is 12.8 Å². The Bertz CT molecular complexity index is 1360. The van der Waals surface area contributed by atoms with E-state index in [-0.39, 0.29) is 10.5 Å². The molecule has 0 atom stereocenters. The van der Waals surface area contributed by atoms with Gasteiger partial charge in [-0.15, -0.1) is 0 Å². The summed E-state index contributed by atoms with van der Waals surface area (Å²) < 4.78 is 41.6. The average molecular weight is 478 g/mol. The van der Waals surface area contributed by atoms with Crippen molar-refractivity contribution < 1.29 is 12.8 Å². The van der Waals surface area contributed by atoms with Crippen LogP contribution >= 0.6 is 0 Å². The third kappa shape index (κ3) is 4.84. The number of halogens is 1. The fraction of sp³-hybridized carbons (Fsp3) is 0.296. The number of nitrogens with zero attached hydrogens (tertiary/aromatic N) is 3. The number of hydrogen-bond donors (Lipinski definition) is 0. The summed E-state index contributed by atoms with van der Waals surface area (Å²) >= 11 is 0. The molecule has 1 heterocycles. The summed E-state index contributed by atoms with van der Waals surface area (Å²) in [6.45, 7) is 1.85. The summed E-state index contributed by atoms with van der Waals surface area (Å²) in [5, 5.41) is 8.91. The van der Waals surface area contributed by atoms with Crippen LogP contribution in [0, 0.1) is 17.1 Å². The van der Waals surface area contributed by atoms with Crippen molar-refractivity contribution in [2.45, 2.75) is 29.1 Å². The summed E-state index contributed by atoms with van der Waals surface area (Å²) in [5.41, 5.74) is 4.49. The molecule has 1 aliphatic rings. The van der Waals surface area contributed by atoms with E-state index in [2.05, 4.69) is 11.9 Å². The van der Waals surface area contributed by atoms with Gasteiger partial charge in [-0.1, -0.05) is 18.2 Å². The second-order valence-corrected chi connectivity index (χ2v) is 10.9. The van der Waals surface area contributed by atoms with Crippen LogP contribution in [0.25, 0.3) is 0 Å². The molecule has 0 bridgehead atoms. The van der Waals surface area contributed by atoms with Crippen molar-refractivity contribution >= 4 is 15.5 Å². The second-order valence-electron chi connectivity index (χ2n) is 9.03. The maximum Gasteiger partial charge on any atom is 0.208 e. The van der Waals surface area contributed by atoms with Gasteiger partial charge in [-0.3, -0.25) is 0 Å². The van der Waals surface area contributed by atoms with E-state index in [1.54, 1.807) is 36.4 Å². The van der Waals surface area contributed by atoms with Crippen LogP contribution in [0.5, 0.6) is 0 Å². The number of nitriles is 1. The van der Waals surface area contributed by atoms with Crippen LogP contribution in [0.2, 0.25) is 0 Å². The number of benzene rings is 3. The Kier molecular flexibility index (Phi) is 6.74. The molecular formula is C27H28FN3O2S. The molecule has 7 heteroatoms. The lowest BCUT2D eigenvalue weighted by atomic mass is 10.0. The SMILES string of the molecule is CN1CCc2cc(N(C)C)c(S(=O)(=O)c3ccc(Cc4ccc(C#N)cc4F)cc3)cc2CC1. The highest BCUT2D eigenvalue weighted by molar-refractivity contribution is 7.91. The number of sulfone groups is 1. The number of likely N-dealkylation sites (N-methyl/N-ethyl adjacent to an activating group) is 1. The third-order valence-corrected chi connectivity index (χ3v) is 8.19. The second kappa shape index (κ2) is 9.57. The molecule has 0 spiro atoms. The molecule has 0 radical (unpaired) electrons. The van der Waals surface area contributed by atoms with Gasteiger partial charge in [0.25, 0.3) is 0 Å². The van der Waals surface area contributed by atoms with Crippen molar-refractivity contribution in [2.75, 3.05) is 39.1 Å². The first-order chi connectivity index (χ1) is 16.2. The highest BCUT2D eigenvalue weighted by Gasteiger charge is 2.25. The number of rotatable bonds is 5. The molecule has 0 saturated heterocycles. The minimum atomic E-state index is -3.75. The highest BCUT2D eigenvalue weighted by atomic mass is 32.2. The van der Waals surface area contributed by atoms with E-state index in [1.807, 2.05) is 37.2 Å². The minimum absolute atomic E-state index is 0.213. The van der Waals surface area contributed by atoms with Crippen molar-refractivity contribution in [3.63, 3.8) is 0 Å². The molecule has 0 unspecified atom stereocenters. The Morgan fingerprint density at radius 3 is 2.24 bits per heavy atom. The van der Waals surface area contributed by atoms with Crippen molar-refractivity contribution in [1.82, 2.24) is 4.90 Å². The summed E-state index contributed by atoms with van der Waals surface area (Å²) in [6, 6.07) is 16.8. The fourth-order valence-corrected chi connectivity index (χ4v) is 5.87. The lowest BCUT2D eigenvalue weighted by Gasteiger charge is -2.21. The lowest BCUT2D eigenvalue weighted by Crippen LogP contribution is -2.20. The molecule has 0 amide bonds. The van der Waals surface area contributed by atoms with Gasteiger partial charge in [-0.2, -0.15) is 5.26 Å². The zero-order valence-corrected chi connectivity index (χ0v) is 20.5. The first-order valence-electron chi connectivity index (χ1n) is 11.2. The zero-order chi connectivity index (χ0) is 24.5. The van der Waals surface area contributed by atoms with Crippen LogP contribution < -0.4 is 4.90 Å². The summed E-state index contributed by atoms with van der Waals surface area (Å²) in [5.74, 6) is -0.443. The van der Waals surface area contributed by atoms with Gasteiger partial charge in [-0.05, 0) is 78.5 Å². The van der Waals surface area contributed by atoms with Crippen LogP contribution in [0.3, 0.4) is 0 Å². The van der Waals surface area contributed by atoms with Crippen molar-refractivity contribution in [3.05, 3.63) is 88.2 Å². The van der Waals surface area contributed by atoms with Gasteiger partial charge in [0.2, 0.25) is 9.84 Å². The van der Waals surface area contributed by atoms with E-state index in [1.165, 1.54) is 11.6 Å². The van der Waals surface area contributed by atoms with Crippen molar-refractivity contribution in [3.8, 4) is 6.07 Å². The van der Waals surface area contributed by atoms with Gasteiger partial charge >= 0.3 is 0 Å². The Morgan fingerprint density at radius 1 is 1.00 bits per heavy atom. The Morgan fingerprint density at radius 2 is 1.65 bits per heavy atom. The van der Waals surface area contributed by atoms with Crippen LogP contribution in [-0.2, 0) is 29.1 Å². The molecular weight excluding hydrogens is 449 g/mol. The quantitative estimate of drug-likeness (QED) is 0.551. The van der Waals surface area contributed by atoms with Crippen LogP contribution in [0.4, 0.5) is 10.1 Å².